The van der Waals surface area contributed by atoms with E-state index in [0.29, 0.717) is 31.9 Å². The average molecular weight is 278 g/mol. The van der Waals surface area contributed by atoms with Gasteiger partial charge in [0, 0.05) is 33.2 Å². The lowest BCUT2D eigenvalue weighted by Gasteiger charge is -2.24. The molecule has 1 fully saturated rings. The highest BCUT2D eigenvalue weighted by molar-refractivity contribution is 5.90. The number of rotatable bonds is 5. The minimum atomic E-state index is -1.00. The lowest BCUT2D eigenvalue weighted by molar-refractivity contribution is 0.0697. The molecule has 0 spiro atoms. The van der Waals surface area contributed by atoms with E-state index in [0.717, 1.165) is 5.69 Å². The molecule has 0 saturated carbocycles. The van der Waals surface area contributed by atoms with Gasteiger partial charge in [-0.15, -0.1) is 0 Å². The highest BCUT2D eigenvalue weighted by Crippen LogP contribution is 2.23. The van der Waals surface area contributed by atoms with Gasteiger partial charge in [-0.25, -0.2) is 9.59 Å². The average Bonchev–Trinajstić information content (AvgIpc) is 2.81. The Hall–Kier alpha value is -2.44. The number of carboxylic acid groups (broad SMARTS) is 1. The Balaban J connectivity index is 2.00. The smallest absolute Gasteiger partial charge is 0.335 e. The summed E-state index contributed by atoms with van der Waals surface area (Å²) < 4.78 is 0. The van der Waals surface area contributed by atoms with Gasteiger partial charge in [0.1, 0.15) is 0 Å². The van der Waals surface area contributed by atoms with E-state index in [9.17, 15) is 9.59 Å². The van der Waals surface area contributed by atoms with Gasteiger partial charge >= 0.3 is 12.0 Å². The molecule has 20 heavy (non-hydrogen) atoms. The summed E-state index contributed by atoms with van der Waals surface area (Å²) >= 11 is 0. The normalized spacial score (nSPS) is 14.2. The topological polar surface area (TPSA) is 98.9 Å². The molecule has 4 N–H and O–H groups in total. The summed E-state index contributed by atoms with van der Waals surface area (Å²) in [6, 6.07) is 4.60. The lowest BCUT2D eigenvalue weighted by atomic mass is 10.1. The van der Waals surface area contributed by atoms with Gasteiger partial charge in [0.05, 0.1) is 16.9 Å². The number of nitrogen functional groups attached to an aromatic ring is 1. The van der Waals surface area contributed by atoms with Crippen LogP contribution < -0.4 is 16.0 Å². The summed E-state index contributed by atoms with van der Waals surface area (Å²) in [6.07, 6.45) is 0. The van der Waals surface area contributed by atoms with Crippen LogP contribution in [0, 0.1) is 0 Å². The van der Waals surface area contributed by atoms with Crippen LogP contribution >= 0.6 is 0 Å². The number of carboxylic acids is 1. The molecule has 7 heteroatoms. The summed E-state index contributed by atoms with van der Waals surface area (Å²) in [5, 5.41) is 11.6. The zero-order valence-electron chi connectivity index (χ0n) is 11.3. The molecule has 1 aliphatic heterocycles. The lowest BCUT2D eigenvalue weighted by Crippen LogP contribution is -2.35. The second-order valence-corrected chi connectivity index (χ2v) is 4.72. The van der Waals surface area contributed by atoms with Gasteiger partial charge in [0.15, 0.2) is 0 Å². The Morgan fingerprint density at radius 1 is 1.55 bits per heavy atom. The van der Waals surface area contributed by atoms with Crippen LogP contribution in [0.2, 0.25) is 0 Å². The highest BCUT2D eigenvalue weighted by atomic mass is 16.4. The van der Waals surface area contributed by atoms with Crippen molar-refractivity contribution in [3.05, 3.63) is 23.8 Å². The van der Waals surface area contributed by atoms with Crippen molar-refractivity contribution in [2.45, 2.75) is 0 Å². The number of hydrogen-bond acceptors (Lipinski definition) is 4. The molecule has 0 aromatic heterocycles. The van der Waals surface area contributed by atoms with Gasteiger partial charge in [-0.1, -0.05) is 0 Å². The minimum absolute atomic E-state index is 0.0485. The number of nitrogens with zero attached hydrogens (tertiary/aromatic N) is 2. The molecule has 0 radical (unpaired) electrons. The van der Waals surface area contributed by atoms with Gasteiger partial charge in [0.2, 0.25) is 0 Å². The Labute approximate surface area is 117 Å². The second kappa shape index (κ2) is 5.68. The molecule has 0 unspecified atom stereocenters. The minimum Gasteiger partial charge on any atom is -0.478 e. The van der Waals surface area contributed by atoms with Gasteiger partial charge in [-0.05, 0) is 18.2 Å². The van der Waals surface area contributed by atoms with Gasteiger partial charge < -0.3 is 26.0 Å². The van der Waals surface area contributed by atoms with Crippen LogP contribution in [0.1, 0.15) is 10.4 Å². The zero-order valence-corrected chi connectivity index (χ0v) is 11.3. The third-order valence-electron chi connectivity index (χ3n) is 3.34. The molecule has 1 saturated heterocycles. The first-order valence-electron chi connectivity index (χ1n) is 6.36. The molecule has 108 valence electrons. The van der Waals surface area contributed by atoms with E-state index in [1.165, 1.54) is 12.1 Å². The molecule has 0 bridgehead atoms. The number of amides is 2. The number of hydrogen-bond donors (Lipinski definition) is 3. The molecule has 1 aliphatic rings. The summed E-state index contributed by atoms with van der Waals surface area (Å²) in [4.78, 5) is 25.9. The Kier molecular flexibility index (Phi) is 3.97. The number of benzene rings is 1. The molecule has 0 aliphatic carbocycles. The van der Waals surface area contributed by atoms with E-state index in [-0.39, 0.29) is 11.6 Å². The maximum absolute atomic E-state index is 11.4. The maximum Gasteiger partial charge on any atom is 0.335 e. The third-order valence-corrected chi connectivity index (χ3v) is 3.34. The summed E-state index contributed by atoms with van der Waals surface area (Å²) in [6.45, 7) is 2.62. The van der Waals surface area contributed by atoms with Crippen LogP contribution in [0.3, 0.4) is 0 Å². The van der Waals surface area contributed by atoms with Crippen molar-refractivity contribution in [3.8, 4) is 0 Å². The Morgan fingerprint density at radius 2 is 2.30 bits per heavy atom. The van der Waals surface area contributed by atoms with Crippen LogP contribution in [-0.4, -0.2) is 55.2 Å². The number of anilines is 2. The van der Waals surface area contributed by atoms with Crippen LogP contribution in [0.15, 0.2) is 18.2 Å². The van der Waals surface area contributed by atoms with E-state index < -0.39 is 5.97 Å². The van der Waals surface area contributed by atoms with E-state index >= 15 is 0 Å². The molecule has 0 atom stereocenters. The number of urea groups is 1. The number of nitrogens with one attached hydrogen (secondary N) is 1. The fourth-order valence-electron chi connectivity index (χ4n) is 2.15. The van der Waals surface area contributed by atoms with E-state index in [4.69, 9.17) is 10.8 Å². The molecular formula is C13H18N4O3. The van der Waals surface area contributed by atoms with Crippen LogP contribution in [0.25, 0.3) is 0 Å². The van der Waals surface area contributed by atoms with Crippen LogP contribution in [0.5, 0.6) is 0 Å². The standard InChI is InChI=1S/C13H18N4O3/c1-16(6-7-17-5-4-15-13(17)20)11-3-2-9(12(18)19)8-10(11)14/h2-3,8H,4-7,14H2,1H3,(H,15,20)(H,18,19). The number of likely N-dealkylation sites (N-methyl/N-ethyl adjacent to an activating group) is 1. The van der Waals surface area contributed by atoms with Crippen molar-refractivity contribution >= 4 is 23.4 Å². The monoisotopic (exact) mass is 278 g/mol. The molecule has 1 heterocycles. The quantitative estimate of drug-likeness (QED) is 0.678. The predicted octanol–water partition coefficient (Wildman–Crippen LogP) is 0.428. The van der Waals surface area contributed by atoms with Crippen molar-refractivity contribution in [2.75, 3.05) is 43.9 Å². The first-order chi connectivity index (χ1) is 9.49. The number of carbonyl (C=O) groups excluding carboxylic acids is 1. The van der Waals surface area contributed by atoms with Crippen LogP contribution in [0.4, 0.5) is 16.2 Å². The van der Waals surface area contributed by atoms with Crippen molar-refractivity contribution < 1.29 is 14.7 Å². The predicted molar refractivity (Wildman–Crippen MR) is 76.1 cm³/mol. The van der Waals surface area contributed by atoms with Crippen molar-refractivity contribution in [3.63, 3.8) is 0 Å². The third kappa shape index (κ3) is 2.93. The van der Waals surface area contributed by atoms with Crippen LogP contribution in [-0.2, 0) is 0 Å². The molecular weight excluding hydrogens is 260 g/mol. The highest BCUT2D eigenvalue weighted by Gasteiger charge is 2.19. The fraction of sp³-hybridized carbons (Fsp3) is 0.385. The number of aromatic carboxylic acids is 1. The Bertz CT molecular complexity index is 532. The number of nitrogens with two attached hydrogens (primary N) is 1. The molecule has 1 aromatic rings. The van der Waals surface area contributed by atoms with Crippen molar-refractivity contribution in [1.82, 2.24) is 10.2 Å². The summed E-state index contributed by atoms with van der Waals surface area (Å²) in [5.74, 6) is -1.00. The molecule has 2 rings (SSSR count). The second-order valence-electron chi connectivity index (χ2n) is 4.72. The van der Waals surface area contributed by atoms with Crippen molar-refractivity contribution in [1.29, 1.82) is 0 Å². The molecule has 1 aromatic carbocycles. The SMILES string of the molecule is CN(CCN1CCNC1=O)c1ccc(C(=O)O)cc1N. The first kappa shape index (κ1) is 14.0. The van der Waals surface area contributed by atoms with Gasteiger partial charge in [-0.2, -0.15) is 0 Å². The fourth-order valence-corrected chi connectivity index (χ4v) is 2.15. The van der Waals surface area contributed by atoms with E-state index in [1.54, 1.807) is 11.0 Å². The van der Waals surface area contributed by atoms with Crippen molar-refractivity contribution in [2.24, 2.45) is 0 Å². The molecule has 7 nitrogen and oxygen atoms in total. The largest absolute Gasteiger partial charge is 0.478 e. The van der Waals surface area contributed by atoms with Gasteiger partial charge in [-0.3, -0.25) is 0 Å². The van der Waals surface area contributed by atoms with Gasteiger partial charge in [0.25, 0.3) is 0 Å². The summed E-state index contributed by atoms with van der Waals surface area (Å²) in [7, 11) is 1.86. The van der Waals surface area contributed by atoms with E-state index in [1.807, 2.05) is 11.9 Å². The Morgan fingerprint density at radius 3 is 2.85 bits per heavy atom. The number of carbonyl (C=O) groups is 2. The zero-order chi connectivity index (χ0) is 14.7. The van der Waals surface area contributed by atoms with E-state index in [2.05, 4.69) is 5.32 Å². The first-order valence-corrected chi connectivity index (χ1v) is 6.36. The molecule has 2 amide bonds. The summed E-state index contributed by atoms with van der Waals surface area (Å²) in [5.41, 5.74) is 7.21. The maximum atomic E-state index is 11.4.